The molecule has 3 aromatic carbocycles. The van der Waals surface area contributed by atoms with Crippen LogP contribution in [0.3, 0.4) is 0 Å². The van der Waals surface area contributed by atoms with Gasteiger partial charge in [0, 0.05) is 54.9 Å². The van der Waals surface area contributed by atoms with Gasteiger partial charge in [0.25, 0.3) is 5.91 Å². The maximum absolute atomic E-state index is 14.2. The fraction of sp³-hybridized carbons (Fsp3) is 0.353. The Morgan fingerprint density at radius 3 is 2.45 bits per heavy atom. The molecule has 4 heterocycles. The standard InChI is InChI=1S/C34H36N6O4/c41-30(20-25-5-4-8-29(19-25)37-15-17-44-18-16-37)23-39-24-40(28-6-2-1-3-7-28)34(33(39)43)11-13-38(14-12-34)32(42)26-9-10-31-27(21-26)22-35-36-31/h1-10,19,21-22H,11-18,20,23-24H2,(H,35,36). The molecule has 0 saturated carbocycles. The fourth-order valence-corrected chi connectivity index (χ4v) is 6.84. The van der Waals surface area contributed by atoms with E-state index in [0.717, 1.165) is 40.9 Å². The molecule has 3 aliphatic heterocycles. The molecule has 0 unspecified atom stereocenters. The van der Waals surface area contributed by atoms with E-state index < -0.39 is 5.54 Å². The molecule has 1 aromatic heterocycles. The average Bonchev–Trinajstić information content (AvgIpc) is 3.64. The zero-order valence-corrected chi connectivity index (χ0v) is 24.7. The Labute approximate surface area is 256 Å². The van der Waals surface area contributed by atoms with E-state index in [1.54, 1.807) is 11.1 Å². The summed E-state index contributed by atoms with van der Waals surface area (Å²) in [6, 6.07) is 23.5. The number of fused-ring (bicyclic) bond motifs is 1. The van der Waals surface area contributed by atoms with Crippen LogP contribution >= 0.6 is 0 Å². The van der Waals surface area contributed by atoms with Crippen molar-refractivity contribution >= 4 is 39.9 Å². The number of ether oxygens (including phenoxy) is 1. The van der Waals surface area contributed by atoms with Crippen LogP contribution in [0.4, 0.5) is 11.4 Å². The lowest BCUT2D eigenvalue weighted by atomic mass is 9.85. The van der Waals surface area contributed by atoms with Crippen molar-refractivity contribution in [3.05, 3.63) is 90.1 Å². The molecular weight excluding hydrogens is 556 g/mol. The summed E-state index contributed by atoms with van der Waals surface area (Å²) in [6.45, 7) is 4.37. The van der Waals surface area contributed by atoms with Crippen molar-refractivity contribution in [2.75, 3.05) is 62.4 Å². The molecule has 0 radical (unpaired) electrons. The largest absolute Gasteiger partial charge is 0.378 e. The number of para-hydroxylation sites is 1. The average molecular weight is 593 g/mol. The van der Waals surface area contributed by atoms with E-state index in [1.807, 2.05) is 65.6 Å². The van der Waals surface area contributed by atoms with E-state index in [9.17, 15) is 14.4 Å². The lowest BCUT2D eigenvalue weighted by Crippen LogP contribution is -2.57. The van der Waals surface area contributed by atoms with Crippen molar-refractivity contribution in [3.8, 4) is 0 Å². The molecule has 0 atom stereocenters. The third-order valence-electron chi connectivity index (χ3n) is 9.20. The molecular formula is C34H36N6O4. The van der Waals surface area contributed by atoms with Gasteiger partial charge in [-0.25, -0.2) is 0 Å². The highest BCUT2D eigenvalue weighted by Crippen LogP contribution is 2.40. The molecule has 7 rings (SSSR count). The van der Waals surface area contributed by atoms with Crippen molar-refractivity contribution in [2.45, 2.75) is 24.8 Å². The molecule has 10 nitrogen and oxygen atoms in total. The number of hydrogen-bond acceptors (Lipinski definition) is 7. The topological polar surface area (TPSA) is 102 Å². The summed E-state index contributed by atoms with van der Waals surface area (Å²) >= 11 is 0. The number of rotatable bonds is 7. The van der Waals surface area contributed by atoms with E-state index in [0.29, 0.717) is 51.4 Å². The summed E-state index contributed by atoms with van der Waals surface area (Å²) < 4.78 is 5.48. The molecule has 10 heteroatoms. The summed E-state index contributed by atoms with van der Waals surface area (Å²) in [5.74, 6) is -0.0838. The maximum Gasteiger partial charge on any atom is 0.253 e. The van der Waals surface area contributed by atoms with Crippen LogP contribution in [0.2, 0.25) is 0 Å². The number of ketones is 1. The lowest BCUT2D eigenvalue weighted by molar-refractivity contribution is -0.136. The predicted molar refractivity (Wildman–Crippen MR) is 168 cm³/mol. The Bertz CT molecular complexity index is 1670. The minimum atomic E-state index is -0.802. The summed E-state index contributed by atoms with van der Waals surface area (Å²) in [4.78, 5) is 48.9. The van der Waals surface area contributed by atoms with Crippen LogP contribution in [-0.2, 0) is 20.7 Å². The number of carbonyl (C=O) groups excluding carboxylic acids is 3. The summed E-state index contributed by atoms with van der Waals surface area (Å²) in [7, 11) is 0. The summed E-state index contributed by atoms with van der Waals surface area (Å²) in [6.07, 6.45) is 2.96. The number of Topliss-reactive ketones (excluding diaryl/α,β-unsaturated/α-hetero) is 1. The number of anilines is 2. The highest BCUT2D eigenvalue weighted by molar-refractivity contribution is 5.99. The fourth-order valence-electron chi connectivity index (χ4n) is 6.84. The van der Waals surface area contributed by atoms with Crippen molar-refractivity contribution in [2.24, 2.45) is 0 Å². The molecule has 1 N–H and O–H groups in total. The Balaban J connectivity index is 1.06. The van der Waals surface area contributed by atoms with Gasteiger partial charge in [-0.2, -0.15) is 5.10 Å². The van der Waals surface area contributed by atoms with Gasteiger partial charge in [0.15, 0.2) is 5.78 Å². The van der Waals surface area contributed by atoms with Crippen LogP contribution in [0, 0.1) is 0 Å². The first kappa shape index (κ1) is 28.1. The third-order valence-corrected chi connectivity index (χ3v) is 9.20. The molecule has 3 saturated heterocycles. The zero-order valence-electron chi connectivity index (χ0n) is 24.7. The summed E-state index contributed by atoms with van der Waals surface area (Å²) in [5, 5.41) is 7.86. The Hall–Kier alpha value is -4.70. The van der Waals surface area contributed by atoms with Crippen LogP contribution in [-0.4, -0.2) is 95.7 Å². The van der Waals surface area contributed by atoms with E-state index in [4.69, 9.17) is 4.74 Å². The second kappa shape index (κ2) is 11.8. The summed E-state index contributed by atoms with van der Waals surface area (Å²) in [5.41, 5.74) is 3.67. The van der Waals surface area contributed by atoms with Crippen molar-refractivity contribution in [3.63, 3.8) is 0 Å². The quantitative estimate of drug-likeness (QED) is 0.351. The Morgan fingerprint density at radius 2 is 1.66 bits per heavy atom. The minimum absolute atomic E-state index is 0.00444. The normalized spacial score (nSPS) is 18.4. The SMILES string of the molecule is O=C(Cc1cccc(N2CCOCC2)c1)CN1CN(c2ccccc2)C2(CCN(C(=O)c3ccc4[nH]ncc4c3)CC2)C1=O. The molecule has 4 aromatic rings. The number of nitrogens with zero attached hydrogens (tertiary/aromatic N) is 5. The number of H-pyrrole nitrogens is 1. The molecule has 3 fully saturated rings. The monoisotopic (exact) mass is 592 g/mol. The molecule has 0 aliphatic carbocycles. The van der Waals surface area contributed by atoms with E-state index in [1.165, 1.54) is 0 Å². The van der Waals surface area contributed by atoms with Gasteiger partial charge in [0.05, 0.1) is 38.1 Å². The van der Waals surface area contributed by atoms with Gasteiger partial charge in [0.1, 0.15) is 5.54 Å². The van der Waals surface area contributed by atoms with Gasteiger partial charge in [-0.05, 0) is 60.9 Å². The van der Waals surface area contributed by atoms with Gasteiger partial charge in [-0.15, -0.1) is 0 Å². The van der Waals surface area contributed by atoms with Gasteiger partial charge in [-0.1, -0.05) is 30.3 Å². The number of aromatic amines is 1. The van der Waals surface area contributed by atoms with Gasteiger partial charge < -0.3 is 24.3 Å². The smallest absolute Gasteiger partial charge is 0.253 e. The zero-order chi connectivity index (χ0) is 30.1. The number of nitrogens with one attached hydrogen (secondary N) is 1. The number of benzene rings is 3. The number of carbonyl (C=O) groups is 3. The van der Waals surface area contributed by atoms with Crippen LogP contribution in [0.15, 0.2) is 79.0 Å². The highest BCUT2D eigenvalue weighted by Gasteiger charge is 2.54. The number of morpholine rings is 1. The van der Waals surface area contributed by atoms with Gasteiger partial charge in [0.2, 0.25) is 5.91 Å². The number of piperidine rings is 1. The minimum Gasteiger partial charge on any atom is -0.378 e. The Kier molecular flexibility index (Phi) is 7.51. The van der Waals surface area contributed by atoms with E-state index >= 15 is 0 Å². The maximum atomic E-state index is 14.2. The molecule has 44 heavy (non-hydrogen) atoms. The molecule has 3 aliphatic rings. The number of hydrogen-bond donors (Lipinski definition) is 1. The van der Waals surface area contributed by atoms with Crippen LogP contribution in [0.1, 0.15) is 28.8 Å². The highest BCUT2D eigenvalue weighted by atomic mass is 16.5. The second-order valence-electron chi connectivity index (χ2n) is 11.9. The molecule has 2 amide bonds. The van der Waals surface area contributed by atoms with E-state index in [2.05, 4.69) is 32.1 Å². The second-order valence-corrected chi connectivity index (χ2v) is 11.9. The van der Waals surface area contributed by atoms with E-state index in [-0.39, 0.29) is 30.6 Å². The predicted octanol–water partition coefficient (Wildman–Crippen LogP) is 3.49. The van der Waals surface area contributed by atoms with Gasteiger partial charge in [-0.3, -0.25) is 19.5 Å². The van der Waals surface area contributed by atoms with Crippen molar-refractivity contribution < 1.29 is 19.1 Å². The van der Waals surface area contributed by atoms with Crippen LogP contribution < -0.4 is 9.80 Å². The number of likely N-dealkylation sites (tertiary alicyclic amines) is 1. The molecule has 0 bridgehead atoms. The molecule has 226 valence electrons. The van der Waals surface area contributed by atoms with Crippen LogP contribution in [0.25, 0.3) is 10.9 Å². The van der Waals surface area contributed by atoms with Crippen molar-refractivity contribution in [1.82, 2.24) is 20.0 Å². The first-order valence-corrected chi connectivity index (χ1v) is 15.3. The molecule has 1 spiro atoms. The van der Waals surface area contributed by atoms with Crippen LogP contribution in [0.5, 0.6) is 0 Å². The number of amides is 2. The Morgan fingerprint density at radius 1 is 0.886 bits per heavy atom. The van der Waals surface area contributed by atoms with Gasteiger partial charge >= 0.3 is 0 Å². The first-order valence-electron chi connectivity index (χ1n) is 15.3. The first-order chi connectivity index (χ1) is 21.5. The number of aromatic nitrogens is 2. The third kappa shape index (κ3) is 5.30. The lowest BCUT2D eigenvalue weighted by Gasteiger charge is -2.43. The van der Waals surface area contributed by atoms with Crippen molar-refractivity contribution in [1.29, 1.82) is 0 Å².